The molecule has 1 fully saturated rings. The predicted octanol–water partition coefficient (Wildman–Crippen LogP) is 1.56. The lowest BCUT2D eigenvalue weighted by Crippen LogP contribution is -3.12. The van der Waals surface area contributed by atoms with Crippen LogP contribution in [0.5, 0.6) is 0 Å². The fourth-order valence-corrected chi connectivity index (χ4v) is 3.10. The maximum Gasteiger partial charge on any atom is 0.257 e. The van der Waals surface area contributed by atoms with E-state index in [-0.39, 0.29) is 11.8 Å². The van der Waals surface area contributed by atoms with Gasteiger partial charge in [0.25, 0.3) is 11.8 Å². The molecular weight excluding hydrogens is 338 g/mol. The molecule has 25 heavy (non-hydrogen) atoms. The smallest absolute Gasteiger partial charge is 0.257 e. The molecular formula is C19H21ClN3O2+. The van der Waals surface area contributed by atoms with Gasteiger partial charge < -0.3 is 15.1 Å². The van der Waals surface area contributed by atoms with E-state index in [0.29, 0.717) is 21.8 Å². The number of benzene rings is 2. The third-order valence-corrected chi connectivity index (χ3v) is 4.76. The molecule has 1 aliphatic rings. The van der Waals surface area contributed by atoms with E-state index < -0.39 is 0 Å². The van der Waals surface area contributed by atoms with E-state index in [1.54, 1.807) is 48.5 Å². The Labute approximate surface area is 152 Å². The van der Waals surface area contributed by atoms with Gasteiger partial charge in [-0.3, -0.25) is 9.59 Å². The molecule has 2 amide bonds. The topological polar surface area (TPSA) is 53.9 Å². The highest BCUT2D eigenvalue weighted by atomic mass is 35.5. The van der Waals surface area contributed by atoms with Crippen molar-refractivity contribution >= 4 is 29.1 Å². The highest BCUT2D eigenvalue weighted by Crippen LogP contribution is 2.21. The fourth-order valence-electron chi connectivity index (χ4n) is 2.88. The molecule has 130 valence electrons. The van der Waals surface area contributed by atoms with Crippen LogP contribution < -0.4 is 10.2 Å². The van der Waals surface area contributed by atoms with Gasteiger partial charge in [-0.2, -0.15) is 0 Å². The number of nitrogens with one attached hydrogen (secondary N) is 2. The monoisotopic (exact) mass is 358 g/mol. The maximum atomic E-state index is 12.9. The molecule has 3 rings (SSSR count). The average Bonchev–Trinajstić information content (AvgIpc) is 2.62. The van der Waals surface area contributed by atoms with E-state index in [1.165, 1.54) is 4.90 Å². The molecule has 5 nitrogen and oxygen atoms in total. The van der Waals surface area contributed by atoms with E-state index in [9.17, 15) is 9.59 Å². The van der Waals surface area contributed by atoms with E-state index >= 15 is 0 Å². The number of para-hydroxylation sites is 1. The van der Waals surface area contributed by atoms with Gasteiger partial charge in [0.2, 0.25) is 0 Å². The van der Waals surface area contributed by atoms with Crippen molar-refractivity contribution in [2.45, 2.75) is 0 Å². The SMILES string of the molecule is C[NH+]1CCN(C(=O)c2ccccc2NC(=O)c2ccccc2Cl)CC1. The number of amides is 2. The van der Waals surface area contributed by atoms with Gasteiger partial charge in [0.1, 0.15) is 0 Å². The van der Waals surface area contributed by atoms with Gasteiger partial charge in [-0.05, 0) is 24.3 Å². The third-order valence-electron chi connectivity index (χ3n) is 4.43. The molecule has 0 bridgehead atoms. The van der Waals surface area contributed by atoms with Crippen LogP contribution in [0.1, 0.15) is 20.7 Å². The number of quaternary nitrogens is 1. The second-order valence-corrected chi connectivity index (χ2v) is 6.64. The molecule has 0 aromatic heterocycles. The lowest BCUT2D eigenvalue weighted by Gasteiger charge is -2.30. The van der Waals surface area contributed by atoms with Crippen molar-refractivity contribution in [1.29, 1.82) is 0 Å². The van der Waals surface area contributed by atoms with Crippen LogP contribution in [-0.2, 0) is 0 Å². The van der Waals surface area contributed by atoms with Crippen molar-refractivity contribution in [1.82, 2.24) is 4.90 Å². The first-order valence-corrected chi connectivity index (χ1v) is 8.69. The van der Waals surface area contributed by atoms with E-state index in [1.807, 2.05) is 4.90 Å². The van der Waals surface area contributed by atoms with Crippen molar-refractivity contribution < 1.29 is 14.5 Å². The molecule has 2 aromatic rings. The Bertz CT molecular complexity index is 786. The van der Waals surface area contributed by atoms with Crippen molar-refractivity contribution in [3.05, 3.63) is 64.7 Å². The van der Waals surface area contributed by atoms with Crippen LogP contribution in [0.4, 0.5) is 5.69 Å². The minimum atomic E-state index is -0.325. The Morgan fingerprint density at radius 2 is 1.60 bits per heavy atom. The number of halogens is 1. The van der Waals surface area contributed by atoms with Crippen LogP contribution >= 0.6 is 11.6 Å². The Hall–Kier alpha value is -2.37. The zero-order valence-electron chi connectivity index (χ0n) is 14.1. The van der Waals surface area contributed by atoms with Crippen molar-refractivity contribution in [3.63, 3.8) is 0 Å². The second kappa shape index (κ2) is 7.68. The maximum absolute atomic E-state index is 12.9. The third kappa shape index (κ3) is 4.00. The zero-order valence-corrected chi connectivity index (χ0v) is 14.8. The molecule has 0 aliphatic carbocycles. The first kappa shape index (κ1) is 17.5. The Morgan fingerprint density at radius 3 is 2.28 bits per heavy atom. The van der Waals surface area contributed by atoms with Crippen molar-refractivity contribution in [3.8, 4) is 0 Å². The number of likely N-dealkylation sites (N-methyl/N-ethyl adjacent to an activating group) is 1. The van der Waals surface area contributed by atoms with Crippen LogP contribution in [0.2, 0.25) is 5.02 Å². The van der Waals surface area contributed by atoms with Gasteiger partial charge in [-0.1, -0.05) is 35.9 Å². The number of hydrogen-bond donors (Lipinski definition) is 2. The summed E-state index contributed by atoms with van der Waals surface area (Å²) < 4.78 is 0. The summed E-state index contributed by atoms with van der Waals surface area (Å²) in [4.78, 5) is 28.6. The lowest BCUT2D eigenvalue weighted by molar-refractivity contribution is -0.883. The Kier molecular flexibility index (Phi) is 5.36. The molecule has 1 heterocycles. The van der Waals surface area contributed by atoms with Gasteiger partial charge in [-0.15, -0.1) is 0 Å². The molecule has 6 heteroatoms. The minimum Gasteiger partial charge on any atom is -0.334 e. The van der Waals surface area contributed by atoms with Crippen LogP contribution in [0.25, 0.3) is 0 Å². The average molecular weight is 359 g/mol. The molecule has 0 unspecified atom stereocenters. The first-order chi connectivity index (χ1) is 12.1. The molecule has 0 radical (unpaired) electrons. The summed E-state index contributed by atoms with van der Waals surface area (Å²) in [7, 11) is 2.12. The molecule has 2 aromatic carbocycles. The van der Waals surface area contributed by atoms with Crippen molar-refractivity contribution in [2.75, 3.05) is 38.5 Å². The van der Waals surface area contributed by atoms with E-state index in [2.05, 4.69) is 12.4 Å². The Balaban J connectivity index is 1.80. The predicted molar refractivity (Wildman–Crippen MR) is 98.4 cm³/mol. The number of carbonyl (C=O) groups is 2. The summed E-state index contributed by atoms with van der Waals surface area (Å²) in [6, 6.07) is 13.9. The molecule has 2 N–H and O–H groups in total. The molecule has 1 saturated heterocycles. The van der Waals surface area contributed by atoms with Gasteiger partial charge in [0.15, 0.2) is 0 Å². The summed E-state index contributed by atoms with van der Waals surface area (Å²) in [6.07, 6.45) is 0. The normalized spacial score (nSPS) is 15.0. The largest absolute Gasteiger partial charge is 0.334 e. The zero-order chi connectivity index (χ0) is 17.8. The summed E-state index contributed by atoms with van der Waals surface area (Å²) in [5.41, 5.74) is 1.39. The molecule has 0 spiro atoms. The first-order valence-electron chi connectivity index (χ1n) is 8.32. The Morgan fingerprint density at radius 1 is 1.00 bits per heavy atom. The quantitative estimate of drug-likeness (QED) is 0.875. The second-order valence-electron chi connectivity index (χ2n) is 6.23. The number of hydrogen-bond acceptors (Lipinski definition) is 2. The van der Waals surface area contributed by atoms with Crippen LogP contribution in [0, 0.1) is 0 Å². The van der Waals surface area contributed by atoms with Crippen molar-refractivity contribution in [2.24, 2.45) is 0 Å². The number of nitrogens with zero attached hydrogens (tertiary/aromatic N) is 1. The summed E-state index contributed by atoms with van der Waals surface area (Å²) in [5, 5.41) is 3.20. The highest BCUT2D eigenvalue weighted by Gasteiger charge is 2.24. The molecule has 0 atom stereocenters. The van der Waals surface area contributed by atoms with Crippen LogP contribution in [0.3, 0.4) is 0 Å². The standard InChI is InChI=1S/C19H20ClN3O2/c1-22-10-12-23(13-11-22)19(25)15-7-3-5-9-17(15)21-18(24)14-6-2-4-8-16(14)20/h2-9H,10-13H2,1H3,(H,21,24)/p+1. The minimum absolute atomic E-state index is 0.0532. The number of anilines is 1. The molecule has 0 saturated carbocycles. The van der Waals surface area contributed by atoms with Gasteiger partial charge in [0.05, 0.1) is 55.1 Å². The van der Waals surface area contributed by atoms with E-state index in [0.717, 1.165) is 26.2 Å². The van der Waals surface area contributed by atoms with Crippen LogP contribution in [-0.4, -0.2) is 49.9 Å². The number of rotatable bonds is 3. The van der Waals surface area contributed by atoms with Gasteiger partial charge in [-0.25, -0.2) is 0 Å². The van der Waals surface area contributed by atoms with E-state index in [4.69, 9.17) is 11.6 Å². The highest BCUT2D eigenvalue weighted by molar-refractivity contribution is 6.34. The van der Waals surface area contributed by atoms with Gasteiger partial charge >= 0.3 is 0 Å². The summed E-state index contributed by atoms with van der Waals surface area (Å²) in [6.45, 7) is 3.30. The molecule has 1 aliphatic heterocycles. The van der Waals surface area contributed by atoms with Gasteiger partial charge in [0, 0.05) is 0 Å². The fraction of sp³-hybridized carbons (Fsp3) is 0.263. The lowest BCUT2D eigenvalue weighted by atomic mass is 10.1. The number of piperazine rings is 1. The van der Waals surface area contributed by atoms with Crippen LogP contribution in [0.15, 0.2) is 48.5 Å². The number of carbonyl (C=O) groups excluding carboxylic acids is 2. The summed E-state index contributed by atoms with van der Waals surface area (Å²) >= 11 is 6.08. The summed E-state index contributed by atoms with van der Waals surface area (Å²) in [5.74, 6) is -0.378.